The molecule has 0 heterocycles. The summed E-state index contributed by atoms with van der Waals surface area (Å²) in [5.41, 5.74) is -7.08. The molecule has 3 fully saturated rings. The molecule has 0 spiro atoms. The van der Waals surface area contributed by atoms with Crippen LogP contribution in [0.25, 0.3) is 0 Å². The van der Waals surface area contributed by atoms with Gasteiger partial charge in [-0.25, -0.2) is 18.4 Å². The van der Waals surface area contributed by atoms with Gasteiger partial charge in [0, 0.05) is 22.7 Å². The number of alkyl halides is 4. The van der Waals surface area contributed by atoms with Crippen molar-refractivity contribution in [1.82, 2.24) is 0 Å². The summed E-state index contributed by atoms with van der Waals surface area (Å²) >= 11 is 11.4. The average Bonchev–Trinajstić information content (AvgIpc) is 2.98. The molecular formula is C24H28Cl2F2O6. The fourth-order valence-corrected chi connectivity index (χ4v) is 7.66. The zero-order valence-electron chi connectivity index (χ0n) is 19.3. The van der Waals surface area contributed by atoms with Gasteiger partial charge < -0.3 is 14.6 Å². The summed E-state index contributed by atoms with van der Waals surface area (Å²) in [5.74, 6) is -4.72. The lowest BCUT2D eigenvalue weighted by atomic mass is 9.44. The van der Waals surface area contributed by atoms with Crippen LogP contribution in [0.15, 0.2) is 23.8 Å². The SMILES string of the molecule is COC(=O)[C@@]1(OC(=O)C(Cl)Cl)[C@@H](C)C[C@H]2[C@@H]3C[C@H](F)C4=CC(=O)C=C[C@]4(C)[C@@]3(F)[C@@H](O)C[C@@]21C. The summed E-state index contributed by atoms with van der Waals surface area (Å²) < 4.78 is 43.4. The van der Waals surface area contributed by atoms with Crippen molar-refractivity contribution in [3.05, 3.63) is 23.8 Å². The molecule has 9 atom stereocenters. The zero-order chi connectivity index (χ0) is 25.4. The molecule has 0 bridgehead atoms. The highest BCUT2D eigenvalue weighted by Crippen LogP contribution is 2.71. The maximum absolute atomic E-state index is 17.2. The maximum atomic E-state index is 17.2. The number of hydrogen-bond donors (Lipinski definition) is 1. The molecule has 3 saturated carbocycles. The van der Waals surface area contributed by atoms with E-state index in [1.165, 1.54) is 19.1 Å². The number of ether oxygens (including phenoxy) is 2. The van der Waals surface area contributed by atoms with Crippen LogP contribution in [0.2, 0.25) is 0 Å². The average molecular weight is 521 g/mol. The number of carbonyl (C=O) groups is 3. The number of esters is 2. The van der Waals surface area contributed by atoms with Crippen molar-refractivity contribution in [1.29, 1.82) is 0 Å². The molecule has 6 nitrogen and oxygen atoms in total. The number of aliphatic hydroxyl groups excluding tert-OH is 1. The lowest BCUT2D eigenvalue weighted by Gasteiger charge is -2.63. The first-order valence-electron chi connectivity index (χ1n) is 11.3. The van der Waals surface area contributed by atoms with E-state index in [2.05, 4.69) is 0 Å². The monoisotopic (exact) mass is 520 g/mol. The van der Waals surface area contributed by atoms with Gasteiger partial charge in [0.25, 0.3) is 0 Å². The van der Waals surface area contributed by atoms with E-state index in [1.54, 1.807) is 13.8 Å². The fourth-order valence-electron chi connectivity index (χ4n) is 7.57. The number of hydrogen-bond acceptors (Lipinski definition) is 6. The first-order chi connectivity index (χ1) is 15.7. The molecule has 0 radical (unpaired) electrons. The van der Waals surface area contributed by atoms with E-state index < -0.39 is 74.7 Å². The Labute approximate surface area is 206 Å². The molecule has 4 aliphatic rings. The van der Waals surface area contributed by atoms with Crippen LogP contribution < -0.4 is 0 Å². The Hall–Kier alpha value is -1.51. The highest BCUT2D eigenvalue weighted by Gasteiger charge is 2.78. The van der Waals surface area contributed by atoms with Crippen molar-refractivity contribution in [2.45, 2.75) is 68.4 Å². The normalized spacial score (nSPS) is 47.4. The number of aliphatic hydroxyl groups is 1. The van der Waals surface area contributed by atoms with Crippen LogP contribution in [-0.2, 0) is 23.9 Å². The van der Waals surface area contributed by atoms with Gasteiger partial charge in [-0.3, -0.25) is 4.79 Å². The molecule has 1 N–H and O–H groups in total. The summed E-state index contributed by atoms with van der Waals surface area (Å²) in [6.07, 6.45) is 0.0164. The van der Waals surface area contributed by atoms with E-state index in [0.29, 0.717) is 0 Å². The molecule has 34 heavy (non-hydrogen) atoms. The van der Waals surface area contributed by atoms with Crippen molar-refractivity contribution in [3.8, 4) is 0 Å². The van der Waals surface area contributed by atoms with Crippen LogP contribution in [0, 0.1) is 28.6 Å². The Morgan fingerprint density at radius 3 is 2.47 bits per heavy atom. The van der Waals surface area contributed by atoms with Gasteiger partial charge in [-0.05, 0) is 49.8 Å². The number of halogens is 4. The third kappa shape index (κ3) is 2.97. The quantitative estimate of drug-likeness (QED) is 0.449. The second-order valence-corrected chi connectivity index (χ2v) is 11.5. The van der Waals surface area contributed by atoms with E-state index in [1.807, 2.05) is 0 Å². The predicted octanol–water partition coefficient (Wildman–Crippen LogP) is 3.81. The van der Waals surface area contributed by atoms with Crippen molar-refractivity contribution >= 4 is 40.9 Å². The minimum absolute atomic E-state index is 0.00484. The molecule has 0 amide bonds. The van der Waals surface area contributed by atoms with Gasteiger partial charge in [0.15, 0.2) is 11.5 Å². The van der Waals surface area contributed by atoms with Gasteiger partial charge in [0.2, 0.25) is 10.4 Å². The van der Waals surface area contributed by atoms with Crippen molar-refractivity contribution in [2.24, 2.45) is 28.6 Å². The van der Waals surface area contributed by atoms with Gasteiger partial charge in [0.1, 0.15) is 6.17 Å². The number of allylic oxidation sites excluding steroid dienone is 4. The number of methoxy groups -OCH3 is 1. The number of ketones is 1. The molecule has 4 aliphatic carbocycles. The van der Waals surface area contributed by atoms with Crippen LogP contribution in [-0.4, -0.2) is 58.3 Å². The van der Waals surface area contributed by atoms with Gasteiger partial charge in [-0.2, -0.15) is 0 Å². The molecular weight excluding hydrogens is 493 g/mol. The minimum Gasteiger partial charge on any atom is -0.466 e. The first kappa shape index (κ1) is 25.6. The number of rotatable bonds is 3. The van der Waals surface area contributed by atoms with E-state index in [9.17, 15) is 19.5 Å². The molecule has 4 rings (SSSR count). The summed E-state index contributed by atoms with van der Waals surface area (Å²) in [5, 5.41) is 11.4. The first-order valence-corrected chi connectivity index (χ1v) is 12.1. The summed E-state index contributed by atoms with van der Waals surface area (Å²) in [4.78, 5) is 36.1. The smallest absolute Gasteiger partial charge is 0.351 e. The summed E-state index contributed by atoms with van der Waals surface area (Å²) in [6.45, 7) is 4.79. The van der Waals surface area contributed by atoms with Gasteiger partial charge >= 0.3 is 11.9 Å². The second kappa shape index (κ2) is 8.00. The highest BCUT2D eigenvalue weighted by atomic mass is 35.5. The van der Waals surface area contributed by atoms with Crippen molar-refractivity contribution < 1.29 is 37.7 Å². The number of fused-ring (bicyclic) bond motifs is 5. The zero-order valence-corrected chi connectivity index (χ0v) is 20.8. The predicted molar refractivity (Wildman–Crippen MR) is 120 cm³/mol. The summed E-state index contributed by atoms with van der Waals surface area (Å²) in [7, 11) is 1.14. The largest absolute Gasteiger partial charge is 0.466 e. The van der Waals surface area contributed by atoms with E-state index in [-0.39, 0.29) is 24.8 Å². The Balaban J connectivity index is 1.88. The molecule has 188 valence electrons. The molecule has 10 heteroatoms. The summed E-state index contributed by atoms with van der Waals surface area (Å²) in [6, 6.07) is 0. The van der Waals surface area contributed by atoms with E-state index in [0.717, 1.165) is 13.2 Å². The fraction of sp³-hybridized carbons (Fsp3) is 0.708. The van der Waals surface area contributed by atoms with Crippen LogP contribution >= 0.6 is 23.2 Å². The Kier molecular flexibility index (Phi) is 6.02. The lowest BCUT2D eigenvalue weighted by molar-refractivity contribution is -0.237. The van der Waals surface area contributed by atoms with Crippen LogP contribution in [0.5, 0.6) is 0 Å². The Morgan fingerprint density at radius 2 is 1.88 bits per heavy atom. The van der Waals surface area contributed by atoms with E-state index in [4.69, 9.17) is 32.7 Å². The second-order valence-electron chi connectivity index (χ2n) is 10.4. The van der Waals surface area contributed by atoms with Crippen molar-refractivity contribution in [3.63, 3.8) is 0 Å². The van der Waals surface area contributed by atoms with Crippen LogP contribution in [0.4, 0.5) is 8.78 Å². The molecule has 0 aliphatic heterocycles. The van der Waals surface area contributed by atoms with Gasteiger partial charge in [-0.1, -0.05) is 43.1 Å². The Morgan fingerprint density at radius 1 is 1.24 bits per heavy atom. The van der Waals surface area contributed by atoms with Gasteiger partial charge in [0.05, 0.1) is 13.2 Å². The van der Waals surface area contributed by atoms with E-state index >= 15 is 8.78 Å². The molecule has 0 aromatic rings. The lowest BCUT2D eigenvalue weighted by Crippen LogP contribution is -2.71. The minimum atomic E-state index is -2.32. The standard InChI is InChI=1S/C24H28Cl2F2O6/c1-11-7-13-14-9-16(27)15-8-12(29)5-6-21(15,2)23(14,28)17(30)10-22(13,3)24(11,20(32)33-4)34-19(31)18(25)26/h5-6,8,11,13-14,16-18,30H,7,9-10H2,1-4H3/t11-,13-,14-,16-,17-,21-,22-,23-,24-/m0/s1. The molecule has 0 saturated heterocycles. The van der Waals surface area contributed by atoms with Gasteiger partial charge in [-0.15, -0.1) is 0 Å². The van der Waals surface area contributed by atoms with Crippen LogP contribution in [0.1, 0.15) is 40.0 Å². The van der Waals surface area contributed by atoms with Crippen molar-refractivity contribution in [2.75, 3.05) is 7.11 Å². The van der Waals surface area contributed by atoms with Crippen LogP contribution in [0.3, 0.4) is 0 Å². The maximum Gasteiger partial charge on any atom is 0.351 e. The topological polar surface area (TPSA) is 89.9 Å². The Bertz CT molecular complexity index is 1000. The molecule has 0 aromatic heterocycles. The highest BCUT2D eigenvalue weighted by molar-refractivity contribution is 6.53. The third-order valence-corrected chi connectivity index (χ3v) is 9.45. The number of carbonyl (C=O) groups excluding carboxylic acids is 3. The molecule has 0 aromatic carbocycles. The molecule has 0 unspecified atom stereocenters. The third-order valence-electron chi connectivity index (χ3n) is 9.10.